The fourth-order valence-electron chi connectivity index (χ4n) is 3.07. The van der Waals surface area contributed by atoms with Crippen molar-refractivity contribution in [2.24, 2.45) is 0 Å². The highest BCUT2D eigenvalue weighted by molar-refractivity contribution is 7.98. The minimum Gasteiger partial charge on any atom is -0.467 e. The molecule has 1 amide bonds. The molecule has 0 bridgehead atoms. The Kier molecular flexibility index (Phi) is 3.90. The third kappa shape index (κ3) is 2.73. The molecule has 0 saturated carbocycles. The van der Waals surface area contributed by atoms with Crippen LogP contribution in [0.25, 0.3) is 0 Å². The SMILES string of the molecule is CSc1ccc(C2CC(=O)Nc3c2cnn3Cc2ccco2)cc1. The molecule has 1 aliphatic heterocycles. The summed E-state index contributed by atoms with van der Waals surface area (Å²) in [6.07, 6.45) is 5.99. The summed E-state index contributed by atoms with van der Waals surface area (Å²) in [4.78, 5) is 13.4. The van der Waals surface area contributed by atoms with Crippen molar-refractivity contribution < 1.29 is 9.21 Å². The van der Waals surface area contributed by atoms with E-state index < -0.39 is 0 Å². The lowest BCUT2D eigenvalue weighted by molar-refractivity contribution is -0.116. The number of anilines is 1. The number of aromatic nitrogens is 2. The summed E-state index contributed by atoms with van der Waals surface area (Å²) in [6.45, 7) is 0.501. The molecule has 1 unspecified atom stereocenters. The van der Waals surface area contributed by atoms with Crippen molar-refractivity contribution in [2.45, 2.75) is 23.8 Å². The molecule has 6 heteroatoms. The largest absolute Gasteiger partial charge is 0.467 e. The molecule has 2 aromatic heterocycles. The highest BCUT2D eigenvalue weighted by atomic mass is 32.2. The molecule has 1 N–H and O–H groups in total. The highest BCUT2D eigenvalue weighted by Gasteiger charge is 2.30. The van der Waals surface area contributed by atoms with Crippen molar-refractivity contribution in [2.75, 3.05) is 11.6 Å². The van der Waals surface area contributed by atoms with Gasteiger partial charge in [-0.2, -0.15) is 5.10 Å². The zero-order chi connectivity index (χ0) is 16.5. The van der Waals surface area contributed by atoms with E-state index in [-0.39, 0.29) is 11.8 Å². The van der Waals surface area contributed by atoms with Crippen molar-refractivity contribution in [1.82, 2.24) is 9.78 Å². The second-order valence-electron chi connectivity index (χ2n) is 5.76. The normalized spacial score (nSPS) is 16.7. The number of nitrogens with one attached hydrogen (secondary N) is 1. The Balaban J connectivity index is 1.69. The second-order valence-corrected chi connectivity index (χ2v) is 6.64. The number of fused-ring (bicyclic) bond motifs is 1. The number of nitrogens with zero attached hydrogens (tertiary/aromatic N) is 2. The van der Waals surface area contributed by atoms with Gasteiger partial charge in [-0.15, -0.1) is 11.8 Å². The van der Waals surface area contributed by atoms with Gasteiger partial charge in [-0.3, -0.25) is 4.79 Å². The number of hydrogen-bond donors (Lipinski definition) is 1. The molecule has 1 atom stereocenters. The van der Waals surface area contributed by atoms with Gasteiger partial charge >= 0.3 is 0 Å². The summed E-state index contributed by atoms with van der Waals surface area (Å²) in [7, 11) is 0. The van der Waals surface area contributed by atoms with Gasteiger partial charge in [0.1, 0.15) is 18.1 Å². The van der Waals surface area contributed by atoms with Crippen molar-refractivity contribution in [3.05, 3.63) is 65.7 Å². The Bertz CT molecular complexity index is 853. The Morgan fingerprint density at radius 3 is 2.88 bits per heavy atom. The third-order valence-electron chi connectivity index (χ3n) is 4.29. The van der Waals surface area contributed by atoms with Gasteiger partial charge in [0.2, 0.25) is 5.91 Å². The predicted octanol–water partition coefficient (Wildman–Crippen LogP) is 3.72. The van der Waals surface area contributed by atoms with E-state index in [1.807, 2.05) is 18.3 Å². The minimum absolute atomic E-state index is 0.0163. The fraction of sp³-hybridized carbons (Fsp3) is 0.222. The Hall–Kier alpha value is -2.47. The molecule has 5 nitrogen and oxygen atoms in total. The molecule has 4 rings (SSSR count). The molecule has 0 saturated heterocycles. The summed E-state index contributed by atoms with van der Waals surface area (Å²) >= 11 is 1.71. The first-order valence-electron chi connectivity index (χ1n) is 7.76. The lowest BCUT2D eigenvalue weighted by atomic mass is 9.87. The van der Waals surface area contributed by atoms with Gasteiger partial charge in [0.15, 0.2) is 0 Å². The van der Waals surface area contributed by atoms with Gasteiger partial charge in [-0.05, 0) is 36.1 Å². The molecule has 1 aliphatic rings. The maximum Gasteiger partial charge on any atom is 0.226 e. The van der Waals surface area contributed by atoms with E-state index in [4.69, 9.17) is 4.42 Å². The average molecular weight is 339 g/mol. The summed E-state index contributed by atoms with van der Waals surface area (Å²) in [6, 6.07) is 12.1. The first-order chi connectivity index (χ1) is 11.7. The molecule has 122 valence electrons. The molecule has 1 aromatic carbocycles. The lowest BCUT2D eigenvalue weighted by Crippen LogP contribution is -2.25. The van der Waals surface area contributed by atoms with Crippen LogP contribution in [-0.4, -0.2) is 21.9 Å². The van der Waals surface area contributed by atoms with Crippen LogP contribution in [0.5, 0.6) is 0 Å². The van der Waals surface area contributed by atoms with Gasteiger partial charge in [0, 0.05) is 22.8 Å². The first kappa shape index (κ1) is 15.1. The number of carbonyl (C=O) groups excluding carboxylic acids is 1. The number of rotatable bonds is 4. The highest BCUT2D eigenvalue weighted by Crippen LogP contribution is 2.37. The van der Waals surface area contributed by atoms with E-state index in [9.17, 15) is 4.79 Å². The number of benzene rings is 1. The zero-order valence-corrected chi connectivity index (χ0v) is 14.0. The number of carbonyl (C=O) groups is 1. The Morgan fingerprint density at radius 1 is 1.33 bits per heavy atom. The van der Waals surface area contributed by atoms with Crippen molar-refractivity contribution in [1.29, 1.82) is 0 Å². The van der Waals surface area contributed by atoms with E-state index in [1.165, 1.54) is 4.90 Å². The van der Waals surface area contributed by atoms with Crippen LogP contribution in [0.3, 0.4) is 0 Å². The van der Waals surface area contributed by atoms with E-state index >= 15 is 0 Å². The Labute approximate surface area is 144 Å². The van der Waals surface area contributed by atoms with E-state index in [0.29, 0.717) is 13.0 Å². The van der Waals surface area contributed by atoms with Gasteiger partial charge < -0.3 is 9.73 Å². The summed E-state index contributed by atoms with van der Waals surface area (Å²) < 4.78 is 7.17. The van der Waals surface area contributed by atoms with Gasteiger partial charge in [-0.25, -0.2) is 4.68 Å². The number of thioether (sulfide) groups is 1. The molecule has 3 heterocycles. The lowest BCUT2D eigenvalue weighted by Gasteiger charge is -2.23. The number of hydrogen-bond acceptors (Lipinski definition) is 4. The van der Waals surface area contributed by atoms with Crippen LogP contribution in [0, 0.1) is 0 Å². The van der Waals surface area contributed by atoms with Crippen molar-refractivity contribution >= 4 is 23.5 Å². The van der Waals surface area contributed by atoms with Crippen molar-refractivity contribution in [3.63, 3.8) is 0 Å². The van der Waals surface area contributed by atoms with Crippen LogP contribution in [0.4, 0.5) is 5.82 Å². The van der Waals surface area contributed by atoms with Crippen molar-refractivity contribution in [3.8, 4) is 0 Å². The van der Waals surface area contributed by atoms with Crippen LogP contribution >= 0.6 is 11.8 Å². The average Bonchev–Trinajstić information content (AvgIpc) is 3.25. The summed E-state index contributed by atoms with van der Waals surface area (Å²) in [5.41, 5.74) is 2.19. The topological polar surface area (TPSA) is 60.1 Å². The molecular weight excluding hydrogens is 322 g/mol. The van der Waals surface area contributed by atoms with Gasteiger partial charge in [0.05, 0.1) is 12.5 Å². The standard InChI is InChI=1S/C18H17N3O2S/c1-24-14-6-4-12(5-7-14)15-9-17(22)20-18-16(15)10-19-21(18)11-13-3-2-8-23-13/h2-8,10,15H,9,11H2,1H3,(H,20,22). The predicted molar refractivity (Wildman–Crippen MR) is 93.3 cm³/mol. The summed E-state index contributed by atoms with van der Waals surface area (Å²) in [5.74, 6) is 1.63. The monoisotopic (exact) mass is 339 g/mol. The molecular formula is C18H17N3O2S. The molecule has 0 spiro atoms. The van der Waals surface area contributed by atoms with Crippen LogP contribution < -0.4 is 5.32 Å². The molecule has 3 aromatic rings. The van der Waals surface area contributed by atoms with Crippen LogP contribution in [0.1, 0.15) is 29.2 Å². The quantitative estimate of drug-likeness (QED) is 0.736. The molecule has 24 heavy (non-hydrogen) atoms. The maximum atomic E-state index is 12.2. The Morgan fingerprint density at radius 2 is 2.17 bits per heavy atom. The maximum absolute atomic E-state index is 12.2. The van der Waals surface area contributed by atoms with Gasteiger partial charge in [0.25, 0.3) is 0 Å². The molecule has 0 aliphatic carbocycles. The van der Waals surface area contributed by atoms with E-state index in [0.717, 1.165) is 22.7 Å². The van der Waals surface area contributed by atoms with Gasteiger partial charge in [-0.1, -0.05) is 12.1 Å². The van der Waals surface area contributed by atoms with Crippen LogP contribution in [0.2, 0.25) is 0 Å². The van der Waals surface area contributed by atoms with Crippen LogP contribution in [0.15, 0.2) is 58.2 Å². The van der Waals surface area contributed by atoms with E-state index in [1.54, 1.807) is 22.7 Å². The third-order valence-corrected chi connectivity index (χ3v) is 5.04. The smallest absolute Gasteiger partial charge is 0.226 e. The molecule has 0 fully saturated rings. The van der Waals surface area contributed by atoms with E-state index in [2.05, 4.69) is 40.9 Å². The zero-order valence-electron chi connectivity index (χ0n) is 13.2. The minimum atomic E-state index is 0.0163. The second kappa shape index (κ2) is 6.20. The molecule has 0 radical (unpaired) electrons. The number of amides is 1. The number of furan rings is 1. The summed E-state index contributed by atoms with van der Waals surface area (Å²) in [5, 5.41) is 7.41. The first-order valence-corrected chi connectivity index (χ1v) is 8.99. The fourth-order valence-corrected chi connectivity index (χ4v) is 3.48. The van der Waals surface area contributed by atoms with Crippen LogP contribution in [-0.2, 0) is 11.3 Å².